The molecule has 1 aliphatic rings. The van der Waals surface area contributed by atoms with Crippen molar-refractivity contribution < 1.29 is 4.79 Å². The van der Waals surface area contributed by atoms with E-state index in [9.17, 15) is 4.79 Å². The zero-order valence-corrected chi connectivity index (χ0v) is 10.0. The number of carbonyl (C=O) groups is 1. The number of amides is 1. The van der Waals surface area contributed by atoms with Crippen molar-refractivity contribution in [1.82, 2.24) is 10.2 Å². The number of likely N-dealkylation sites (N-methyl/N-ethyl adjacent to an activating group) is 1. The quantitative estimate of drug-likeness (QED) is 0.764. The van der Waals surface area contributed by atoms with Gasteiger partial charge in [0.15, 0.2) is 0 Å². The van der Waals surface area contributed by atoms with Gasteiger partial charge in [0, 0.05) is 19.1 Å². The van der Waals surface area contributed by atoms with Gasteiger partial charge in [-0.25, -0.2) is 0 Å². The number of rotatable bonds is 2. The van der Waals surface area contributed by atoms with E-state index < -0.39 is 0 Å². The van der Waals surface area contributed by atoms with Crippen LogP contribution in [-0.4, -0.2) is 37.0 Å². The molecule has 5 heteroatoms. The number of hydrogen-bond acceptors (Lipinski definition) is 3. The monoisotopic (exact) mass is 231 g/mol. The van der Waals surface area contributed by atoms with Crippen molar-refractivity contribution in [1.29, 1.82) is 5.26 Å². The summed E-state index contributed by atoms with van der Waals surface area (Å²) in [6, 6.07) is 2.26. The second-order valence-corrected chi connectivity index (χ2v) is 3.84. The van der Waals surface area contributed by atoms with E-state index in [1.807, 2.05) is 13.1 Å². The Morgan fingerprint density at radius 3 is 2.87 bits per heavy atom. The number of hydrogen-bond donors (Lipinski definition) is 1. The zero-order chi connectivity index (χ0) is 10.6. The van der Waals surface area contributed by atoms with Gasteiger partial charge >= 0.3 is 0 Å². The number of halogens is 1. The minimum absolute atomic E-state index is 0. The van der Waals surface area contributed by atoms with E-state index in [4.69, 9.17) is 5.26 Å². The zero-order valence-electron chi connectivity index (χ0n) is 9.19. The summed E-state index contributed by atoms with van der Waals surface area (Å²) >= 11 is 0. The first-order valence-corrected chi connectivity index (χ1v) is 5.01. The van der Waals surface area contributed by atoms with E-state index in [0.717, 1.165) is 19.5 Å². The van der Waals surface area contributed by atoms with Crippen LogP contribution in [0.15, 0.2) is 0 Å². The van der Waals surface area contributed by atoms with Crippen LogP contribution in [0.1, 0.15) is 19.8 Å². The normalized spacial score (nSPS) is 25.3. The first-order valence-electron chi connectivity index (χ1n) is 5.01. The Labute approximate surface area is 97.0 Å². The molecule has 0 aromatic heterocycles. The molecular formula is C10H18ClN3O. The van der Waals surface area contributed by atoms with Crippen LogP contribution in [0.25, 0.3) is 0 Å². The van der Waals surface area contributed by atoms with E-state index in [0.29, 0.717) is 12.0 Å². The molecule has 0 aromatic rings. The van der Waals surface area contributed by atoms with Crippen LogP contribution in [0.5, 0.6) is 0 Å². The molecule has 2 atom stereocenters. The lowest BCUT2D eigenvalue weighted by molar-refractivity contribution is -0.132. The molecule has 0 aliphatic carbocycles. The Morgan fingerprint density at radius 1 is 1.67 bits per heavy atom. The number of carbonyl (C=O) groups excluding carboxylic acids is 1. The van der Waals surface area contributed by atoms with Crippen molar-refractivity contribution in [2.75, 3.05) is 20.1 Å². The lowest BCUT2D eigenvalue weighted by Gasteiger charge is -2.36. The van der Waals surface area contributed by atoms with Gasteiger partial charge in [0.2, 0.25) is 5.91 Å². The summed E-state index contributed by atoms with van der Waals surface area (Å²) in [5.41, 5.74) is 0. The smallest absolute Gasteiger partial charge is 0.236 e. The summed E-state index contributed by atoms with van der Waals surface area (Å²) < 4.78 is 0. The Bertz CT molecular complexity index is 252. The van der Waals surface area contributed by atoms with Crippen LogP contribution in [-0.2, 0) is 4.79 Å². The number of nitriles is 1. The summed E-state index contributed by atoms with van der Waals surface area (Å²) in [6.45, 7) is 3.71. The van der Waals surface area contributed by atoms with Crippen molar-refractivity contribution in [2.45, 2.75) is 25.8 Å². The summed E-state index contributed by atoms with van der Waals surface area (Å²) in [5.74, 6) is 0.561. The molecule has 86 valence electrons. The van der Waals surface area contributed by atoms with Gasteiger partial charge in [-0.05, 0) is 19.4 Å². The van der Waals surface area contributed by atoms with Crippen molar-refractivity contribution >= 4 is 18.3 Å². The molecule has 1 amide bonds. The Morgan fingerprint density at radius 2 is 2.33 bits per heavy atom. The number of piperidine rings is 1. The Balaban J connectivity index is 0.00000196. The van der Waals surface area contributed by atoms with Gasteiger partial charge in [-0.15, -0.1) is 12.4 Å². The van der Waals surface area contributed by atoms with Crippen LogP contribution in [0.3, 0.4) is 0 Å². The Hall–Kier alpha value is -0.790. The maximum absolute atomic E-state index is 11.4. The molecule has 0 spiro atoms. The second-order valence-electron chi connectivity index (χ2n) is 3.84. The third kappa shape index (κ3) is 3.69. The molecule has 1 aliphatic heterocycles. The van der Waals surface area contributed by atoms with Gasteiger partial charge in [-0.2, -0.15) is 5.26 Å². The van der Waals surface area contributed by atoms with Gasteiger partial charge in [-0.1, -0.05) is 6.92 Å². The minimum atomic E-state index is -0.0420. The van der Waals surface area contributed by atoms with Gasteiger partial charge in [0.25, 0.3) is 0 Å². The molecule has 0 aromatic carbocycles. The van der Waals surface area contributed by atoms with Crippen molar-refractivity contribution in [3.8, 4) is 6.07 Å². The highest BCUT2D eigenvalue weighted by molar-refractivity contribution is 5.85. The fourth-order valence-corrected chi connectivity index (χ4v) is 1.85. The fraction of sp³-hybridized carbons (Fsp3) is 0.800. The first-order chi connectivity index (χ1) is 6.69. The molecule has 0 saturated carbocycles. The van der Waals surface area contributed by atoms with Crippen molar-refractivity contribution in [3.63, 3.8) is 0 Å². The van der Waals surface area contributed by atoms with Crippen LogP contribution in [0, 0.1) is 17.2 Å². The average Bonchev–Trinajstić information content (AvgIpc) is 2.19. The van der Waals surface area contributed by atoms with Gasteiger partial charge in [0.1, 0.15) is 6.42 Å². The third-order valence-corrected chi connectivity index (χ3v) is 2.91. The summed E-state index contributed by atoms with van der Waals surface area (Å²) in [4.78, 5) is 13.2. The van der Waals surface area contributed by atoms with E-state index in [-0.39, 0.29) is 24.7 Å². The van der Waals surface area contributed by atoms with E-state index in [1.165, 1.54) is 0 Å². The van der Waals surface area contributed by atoms with Gasteiger partial charge in [-0.3, -0.25) is 4.79 Å². The standard InChI is InChI=1S/C10H17N3O.ClH/c1-8-4-6-13(7-9(8)12-2)10(14)3-5-11;/h8-9,12H,3-4,6-7H2,1-2H3;1H/t8-,9+;/m1./s1. The maximum atomic E-state index is 11.4. The lowest BCUT2D eigenvalue weighted by atomic mass is 9.93. The van der Waals surface area contributed by atoms with E-state index in [1.54, 1.807) is 4.90 Å². The molecule has 15 heavy (non-hydrogen) atoms. The Kier molecular flexibility index (Phi) is 6.30. The predicted molar refractivity (Wildman–Crippen MR) is 60.7 cm³/mol. The molecule has 0 bridgehead atoms. The van der Waals surface area contributed by atoms with Gasteiger partial charge < -0.3 is 10.2 Å². The average molecular weight is 232 g/mol. The molecular weight excluding hydrogens is 214 g/mol. The van der Waals surface area contributed by atoms with Crippen LogP contribution < -0.4 is 5.32 Å². The van der Waals surface area contributed by atoms with Crippen LogP contribution >= 0.6 is 12.4 Å². The molecule has 0 radical (unpaired) electrons. The van der Waals surface area contributed by atoms with Crippen LogP contribution in [0.2, 0.25) is 0 Å². The van der Waals surface area contributed by atoms with E-state index in [2.05, 4.69) is 12.2 Å². The maximum Gasteiger partial charge on any atom is 0.236 e. The third-order valence-electron chi connectivity index (χ3n) is 2.91. The number of nitrogens with zero attached hydrogens (tertiary/aromatic N) is 2. The minimum Gasteiger partial charge on any atom is -0.340 e. The van der Waals surface area contributed by atoms with Crippen LogP contribution in [0.4, 0.5) is 0 Å². The predicted octanol–water partition coefficient (Wildman–Crippen LogP) is 0.778. The van der Waals surface area contributed by atoms with Gasteiger partial charge in [0.05, 0.1) is 6.07 Å². The summed E-state index contributed by atoms with van der Waals surface area (Å²) in [6.07, 6.45) is 1.02. The molecule has 1 fully saturated rings. The highest BCUT2D eigenvalue weighted by Gasteiger charge is 2.27. The molecule has 4 nitrogen and oxygen atoms in total. The molecule has 1 rings (SSSR count). The highest BCUT2D eigenvalue weighted by atomic mass is 35.5. The second kappa shape index (κ2) is 6.65. The molecule has 0 unspecified atom stereocenters. The SMILES string of the molecule is CN[C@H]1CN(C(=O)CC#N)CC[C@H]1C.Cl. The first kappa shape index (κ1) is 14.2. The molecule has 1 saturated heterocycles. The fourth-order valence-electron chi connectivity index (χ4n) is 1.85. The molecule has 1 heterocycles. The lowest BCUT2D eigenvalue weighted by Crippen LogP contribution is -2.50. The molecule has 1 N–H and O–H groups in total. The highest BCUT2D eigenvalue weighted by Crippen LogP contribution is 2.17. The van der Waals surface area contributed by atoms with Crippen molar-refractivity contribution in [3.05, 3.63) is 0 Å². The van der Waals surface area contributed by atoms with Crippen molar-refractivity contribution in [2.24, 2.45) is 5.92 Å². The summed E-state index contributed by atoms with van der Waals surface area (Å²) in [7, 11) is 1.92. The summed E-state index contributed by atoms with van der Waals surface area (Å²) in [5, 5.41) is 11.6. The largest absolute Gasteiger partial charge is 0.340 e. The number of likely N-dealkylation sites (tertiary alicyclic amines) is 1. The topological polar surface area (TPSA) is 56.1 Å². The number of nitrogens with one attached hydrogen (secondary N) is 1. The van der Waals surface area contributed by atoms with E-state index >= 15 is 0 Å².